The lowest BCUT2D eigenvalue weighted by molar-refractivity contribution is -0.122. The molecule has 3 N–H and O–H groups in total. The number of amides is 2. The summed E-state index contributed by atoms with van der Waals surface area (Å²) in [6.45, 7) is 2.99. The van der Waals surface area contributed by atoms with Crippen molar-refractivity contribution in [3.63, 3.8) is 0 Å². The molecule has 0 fully saturated rings. The topological polar surface area (TPSA) is 79.5 Å². The van der Waals surface area contributed by atoms with Crippen LogP contribution in [0.5, 0.6) is 5.75 Å². The molecule has 150 valence electrons. The van der Waals surface area contributed by atoms with Crippen molar-refractivity contribution in [2.45, 2.75) is 19.4 Å². The molecule has 0 aliphatic carbocycles. The lowest BCUT2D eigenvalue weighted by Gasteiger charge is -2.13. The SMILES string of the molecule is CNCCCOc1cccc(-c2cc(F)cc(C(=O)N[C@@H](C)C(=O)NC)c2)c1. The monoisotopic (exact) mass is 387 g/mol. The Labute approximate surface area is 164 Å². The van der Waals surface area contributed by atoms with E-state index in [1.54, 1.807) is 13.0 Å². The number of benzene rings is 2. The van der Waals surface area contributed by atoms with E-state index in [1.165, 1.54) is 13.1 Å². The molecule has 2 rings (SSSR count). The summed E-state index contributed by atoms with van der Waals surface area (Å²) in [5.41, 5.74) is 1.43. The standard InChI is InChI=1S/C21H26FN3O3/c1-14(20(26)24-3)25-21(27)17-10-16(11-18(22)12-17)15-6-4-7-19(13-15)28-9-5-8-23-2/h4,6-7,10-14,23H,5,8-9H2,1-3H3,(H,24,26)(H,25,27)/t14-/m0/s1. The molecule has 0 radical (unpaired) electrons. The molecule has 2 aromatic carbocycles. The molecule has 28 heavy (non-hydrogen) atoms. The summed E-state index contributed by atoms with van der Waals surface area (Å²) in [7, 11) is 3.37. The van der Waals surface area contributed by atoms with Crippen LogP contribution in [0.1, 0.15) is 23.7 Å². The van der Waals surface area contributed by atoms with Crippen LogP contribution in [0, 0.1) is 5.82 Å². The van der Waals surface area contributed by atoms with Gasteiger partial charge in [-0.05, 0) is 68.4 Å². The van der Waals surface area contributed by atoms with Crippen molar-refractivity contribution in [3.8, 4) is 16.9 Å². The molecule has 0 spiro atoms. The van der Waals surface area contributed by atoms with E-state index in [1.807, 2.05) is 31.3 Å². The van der Waals surface area contributed by atoms with Gasteiger partial charge in [0.15, 0.2) is 0 Å². The van der Waals surface area contributed by atoms with Crippen LogP contribution in [-0.2, 0) is 4.79 Å². The van der Waals surface area contributed by atoms with Crippen molar-refractivity contribution in [2.75, 3.05) is 27.2 Å². The number of hydrogen-bond acceptors (Lipinski definition) is 4. The Bertz CT molecular complexity index is 826. The smallest absolute Gasteiger partial charge is 0.252 e. The maximum Gasteiger partial charge on any atom is 0.252 e. The van der Waals surface area contributed by atoms with Crippen LogP contribution in [0.25, 0.3) is 11.1 Å². The third-order valence-electron chi connectivity index (χ3n) is 4.15. The lowest BCUT2D eigenvalue weighted by atomic mass is 10.0. The van der Waals surface area contributed by atoms with Crippen LogP contribution in [0.3, 0.4) is 0 Å². The molecule has 0 unspecified atom stereocenters. The van der Waals surface area contributed by atoms with Gasteiger partial charge >= 0.3 is 0 Å². The van der Waals surface area contributed by atoms with Gasteiger partial charge in [-0.15, -0.1) is 0 Å². The summed E-state index contributed by atoms with van der Waals surface area (Å²) in [6.07, 6.45) is 0.870. The first-order valence-electron chi connectivity index (χ1n) is 9.15. The summed E-state index contributed by atoms with van der Waals surface area (Å²) in [6, 6.07) is 10.7. The Morgan fingerprint density at radius 2 is 1.89 bits per heavy atom. The number of carbonyl (C=O) groups is 2. The van der Waals surface area contributed by atoms with E-state index in [9.17, 15) is 14.0 Å². The van der Waals surface area contributed by atoms with Gasteiger partial charge in [-0.3, -0.25) is 9.59 Å². The second-order valence-electron chi connectivity index (χ2n) is 6.37. The minimum absolute atomic E-state index is 0.145. The predicted molar refractivity (Wildman–Crippen MR) is 107 cm³/mol. The average molecular weight is 387 g/mol. The molecule has 6 nitrogen and oxygen atoms in total. The predicted octanol–water partition coefficient (Wildman–Crippen LogP) is 2.35. The second kappa shape index (κ2) is 10.4. The zero-order valence-electron chi connectivity index (χ0n) is 16.3. The summed E-state index contributed by atoms with van der Waals surface area (Å²) < 4.78 is 19.8. The summed E-state index contributed by atoms with van der Waals surface area (Å²) >= 11 is 0. The third kappa shape index (κ3) is 6.06. The Morgan fingerprint density at radius 1 is 1.11 bits per heavy atom. The number of hydrogen-bond donors (Lipinski definition) is 3. The molecule has 0 aliphatic rings. The maximum atomic E-state index is 14.1. The summed E-state index contributed by atoms with van der Waals surface area (Å²) in [4.78, 5) is 24.0. The van der Waals surface area contributed by atoms with Gasteiger partial charge in [-0.1, -0.05) is 12.1 Å². The van der Waals surface area contributed by atoms with Crippen LogP contribution in [0.2, 0.25) is 0 Å². The Kier molecular flexibility index (Phi) is 7.95. The van der Waals surface area contributed by atoms with Crippen molar-refractivity contribution in [1.29, 1.82) is 0 Å². The van der Waals surface area contributed by atoms with Gasteiger partial charge in [0.1, 0.15) is 17.6 Å². The van der Waals surface area contributed by atoms with Crippen LogP contribution in [-0.4, -0.2) is 45.1 Å². The lowest BCUT2D eigenvalue weighted by Crippen LogP contribution is -2.43. The quantitative estimate of drug-likeness (QED) is 0.577. The van der Waals surface area contributed by atoms with Crippen molar-refractivity contribution >= 4 is 11.8 Å². The highest BCUT2D eigenvalue weighted by Crippen LogP contribution is 2.26. The maximum absolute atomic E-state index is 14.1. The Balaban J connectivity index is 2.18. The van der Waals surface area contributed by atoms with Crippen molar-refractivity contribution < 1.29 is 18.7 Å². The van der Waals surface area contributed by atoms with Crippen molar-refractivity contribution in [1.82, 2.24) is 16.0 Å². The number of likely N-dealkylation sites (N-methyl/N-ethyl adjacent to an activating group) is 1. The van der Waals surface area contributed by atoms with Crippen LogP contribution < -0.4 is 20.7 Å². The van der Waals surface area contributed by atoms with Crippen LogP contribution in [0.4, 0.5) is 4.39 Å². The molecule has 1 atom stereocenters. The molecule has 2 aromatic rings. The zero-order chi connectivity index (χ0) is 20.5. The molecule has 0 heterocycles. The van der Waals surface area contributed by atoms with E-state index in [0.29, 0.717) is 17.9 Å². The van der Waals surface area contributed by atoms with Gasteiger partial charge in [0, 0.05) is 12.6 Å². The first-order chi connectivity index (χ1) is 13.4. The molecular formula is C21H26FN3O3. The highest BCUT2D eigenvalue weighted by atomic mass is 19.1. The number of rotatable bonds is 9. The molecule has 0 bridgehead atoms. The first-order valence-corrected chi connectivity index (χ1v) is 9.15. The summed E-state index contributed by atoms with van der Waals surface area (Å²) in [5.74, 6) is -0.697. The van der Waals surface area contributed by atoms with Crippen molar-refractivity contribution in [2.24, 2.45) is 0 Å². The van der Waals surface area contributed by atoms with E-state index >= 15 is 0 Å². The molecule has 0 aromatic heterocycles. The van der Waals surface area contributed by atoms with E-state index in [2.05, 4.69) is 16.0 Å². The van der Waals surface area contributed by atoms with E-state index in [4.69, 9.17) is 4.74 Å². The van der Waals surface area contributed by atoms with Gasteiger partial charge in [0.25, 0.3) is 5.91 Å². The Morgan fingerprint density at radius 3 is 2.61 bits per heavy atom. The fourth-order valence-corrected chi connectivity index (χ4v) is 2.65. The first kappa shape index (κ1) is 21.4. The fraction of sp³-hybridized carbons (Fsp3) is 0.333. The van der Waals surface area contributed by atoms with Gasteiger partial charge in [0.05, 0.1) is 6.61 Å². The fourth-order valence-electron chi connectivity index (χ4n) is 2.65. The van der Waals surface area contributed by atoms with Gasteiger partial charge in [-0.2, -0.15) is 0 Å². The number of carbonyl (C=O) groups excluding carboxylic acids is 2. The summed E-state index contributed by atoms with van der Waals surface area (Å²) in [5, 5.41) is 8.06. The zero-order valence-corrected chi connectivity index (χ0v) is 16.3. The molecule has 0 saturated carbocycles. The normalized spacial score (nSPS) is 11.6. The average Bonchev–Trinajstić information content (AvgIpc) is 2.70. The van der Waals surface area contributed by atoms with E-state index in [0.717, 1.165) is 24.6 Å². The Hall–Kier alpha value is -2.93. The van der Waals surface area contributed by atoms with Crippen molar-refractivity contribution in [3.05, 3.63) is 53.8 Å². The van der Waals surface area contributed by atoms with Crippen LogP contribution in [0.15, 0.2) is 42.5 Å². The minimum atomic E-state index is -0.724. The highest BCUT2D eigenvalue weighted by Gasteiger charge is 2.16. The molecule has 7 heteroatoms. The minimum Gasteiger partial charge on any atom is -0.494 e. The largest absolute Gasteiger partial charge is 0.494 e. The van der Waals surface area contributed by atoms with Gasteiger partial charge in [0.2, 0.25) is 5.91 Å². The highest BCUT2D eigenvalue weighted by molar-refractivity contribution is 5.98. The molecule has 0 aliphatic heterocycles. The molecule has 0 saturated heterocycles. The second-order valence-corrected chi connectivity index (χ2v) is 6.37. The number of halogens is 1. The number of ether oxygens (including phenoxy) is 1. The van der Waals surface area contributed by atoms with E-state index in [-0.39, 0.29) is 11.5 Å². The molecule has 2 amide bonds. The third-order valence-corrected chi connectivity index (χ3v) is 4.15. The molecular weight excluding hydrogens is 361 g/mol. The van der Waals surface area contributed by atoms with Gasteiger partial charge < -0.3 is 20.7 Å². The number of nitrogens with one attached hydrogen (secondary N) is 3. The van der Waals surface area contributed by atoms with Gasteiger partial charge in [-0.25, -0.2) is 4.39 Å². The van der Waals surface area contributed by atoms with E-state index < -0.39 is 17.8 Å². The van der Waals surface area contributed by atoms with Crippen LogP contribution >= 0.6 is 0 Å².